The largest absolute Gasteiger partial charge is 0.219 e. The maximum atomic E-state index is 13.6. The van der Waals surface area contributed by atoms with Crippen molar-refractivity contribution in [3.63, 3.8) is 0 Å². The summed E-state index contributed by atoms with van der Waals surface area (Å²) in [5, 5.41) is 0. The molecule has 1 heterocycles. The second kappa shape index (κ2) is 4.88. The number of pyridine rings is 1. The van der Waals surface area contributed by atoms with Gasteiger partial charge in [-0.25, -0.2) is 4.98 Å². The topological polar surface area (TPSA) is 12.9 Å². The van der Waals surface area contributed by atoms with Crippen LogP contribution in [0, 0.1) is 5.95 Å². The molecule has 0 aliphatic rings. The Kier molecular flexibility index (Phi) is 3.30. The van der Waals surface area contributed by atoms with Gasteiger partial charge < -0.3 is 0 Å². The number of benzene rings is 1. The van der Waals surface area contributed by atoms with E-state index >= 15 is 0 Å². The van der Waals surface area contributed by atoms with E-state index in [-0.39, 0.29) is 5.95 Å². The van der Waals surface area contributed by atoms with Crippen molar-refractivity contribution in [1.82, 2.24) is 4.98 Å². The van der Waals surface area contributed by atoms with Gasteiger partial charge in [0.25, 0.3) is 0 Å². The fourth-order valence-electron chi connectivity index (χ4n) is 1.69. The molecule has 0 fully saturated rings. The Balaban J connectivity index is 2.35. The van der Waals surface area contributed by atoms with E-state index in [9.17, 15) is 4.39 Å². The van der Waals surface area contributed by atoms with Crippen LogP contribution in [0.25, 0.3) is 11.3 Å². The highest BCUT2D eigenvalue weighted by Crippen LogP contribution is 2.18. The summed E-state index contributed by atoms with van der Waals surface area (Å²) in [6.07, 6.45) is 1.68. The second-order valence-electron chi connectivity index (χ2n) is 3.76. The molecule has 1 aromatic carbocycles. The Bertz CT molecular complexity index is 465. The van der Waals surface area contributed by atoms with E-state index < -0.39 is 0 Å². The number of aryl methyl sites for hydroxylation is 1. The molecule has 0 unspecified atom stereocenters. The van der Waals surface area contributed by atoms with Crippen molar-refractivity contribution >= 4 is 0 Å². The molecule has 0 saturated heterocycles. The van der Waals surface area contributed by atoms with Gasteiger partial charge in [-0.3, -0.25) is 0 Å². The average molecular weight is 215 g/mol. The predicted molar refractivity (Wildman–Crippen MR) is 63.6 cm³/mol. The van der Waals surface area contributed by atoms with Crippen LogP contribution in [0.15, 0.2) is 42.5 Å². The van der Waals surface area contributed by atoms with Gasteiger partial charge in [0.2, 0.25) is 5.95 Å². The zero-order valence-corrected chi connectivity index (χ0v) is 9.28. The molecular formula is C14H14FN. The van der Waals surface area contributed by atoms with E-state index in [1.54, 1.807) is 0 Å². The molecule has 0 atom stereocenters. The van der Waals surface area contributed by atoms with Crippen molar-refractivity contribution in [1.29, 1.82) is 0 Å². The number of hydrogen-bond acceptors (Lipinski definition) is 1. The maximum absolute atomic E-state index is 13.6. The summed E-state index contributed by atoms with van der Waals surface area (Å²) in [4.78, 5) is 4.00. The minimum atomic E-state index is -0.344. The summed E-state index contributed by atoms with van der Waals surface area (Å²) in [5.41, 5.74) is 2.34. The monoisotopic (exact) mass is 215 g/mol. The van der Waals surface area contributed by atoms with Gasteiger partial charge in [-0.2, -0.15) is 4.39 Å². The van der Waals surface area contributed by atoms with E-state index in [1.165, 1.54) is 0 Å². The van der Waals surface area contributed by atoms with E-state index in [4.69, 9.17) is 0 Å². The van der Waals surface area contributed by atoms with Crippen LogP contribution in [0.2, 0.25) is 0 Å². The van der Waals surface area contributed by atoms with Gasteiger partial charge in [-0.1, -0.05) is 49.7 Å². The summed E-state index contributed by atoms with van der Waals surface area (Å²) in [6.45, 7) is 2.03. The van der Waals surface area contributed by atoms with Crippen molar-refractivity contribution in [2.45, 2.75) is 19.8 Å². The highest BCUT2D eigenvalue weighted by molar-refractivity contribution is 5.58. The normalized spacial score (nSPS) is 10.4. The summed E-state index contributed by atoms with van der Waals surface area (Å²) in [5.74, 6) is -0.344. The molecule has 0 aliphatic carbocycles. The number of aromatic nitrogens is 1. The standard InChI is InChI=1S/C14H14FN/c1-2-6-12-9-10-13(16-14(12)15)11-7-4-3-5-8-11/h3-5,7-10H,2,6H2,1H3. The van der Waals surface area contributed by atoms with Crippen LogP contribution >= 0.6 is 0 Å². The van der Waals surface area contributed by atoms with Gasteiger partial charge in [0.15, 0.2) is 0 Å². The molecule has 0 aliphatic heterocycles. The molecule has 2 rings (SSSR count). The highest BCUT2D eigenvalue weighted by atomic mass is 19.1. The molecule has 0 saturated carbocycles. The van der Waals surface area contributed by atoms with Crippen molar-refractivity contribution in [2.24, 2.45) is 0 Å². The van der Waals surface area contributed by atoms with Crippen LogP contribution in [0.1, 0.15) is 18.9 Å². The van der Waals surface area contributed by atoms with E-state index in [2.05, 4.69) is 4.98 Å². The molecule has 16 heavy (non-hydrogen) atoms. The molecule has 82 valence electrons. The second-order valence-corrected chi connectivity index (χ2v) is 3.76. The quantitative estimate of drug-likeness (QED) is 0.709. The minimum Gasteiger partial charge on any atom is -0.219 e. The first-order valence-electron chi connectivity index (χ1n) is 5.52. The number of hydrogen-bond donors (Lipinski definition) is 0. The number of halogens is 1. The maximum Gasteiger partial charge on any atom is 0.216 e. The summed E-state index contributed by atoms with van der Waals surface area (Å²) in [7, 11) is 0. The zero-order valence-electron chi connectivity index (χ0n) is 9.28. The van der Waals surface area contributed by atoms with Crippen LogP contribution in [-0.4, -0.2) is 4.98 Å². The van der Waals surface area contributed by atoms with Gasteiger partial charge in [-0.05, 0) is 12.5 Å². The molecule has 1 nitrogen and oxygen atoms in total. The lowest BCUT2D eigenvalue weighted by Crippen LogP contribution is -1.95. The Hall–Kier alpha value is -1.70. The van der Waals surface area contributed by atoms with Crippen LogP contribution in [0.4, 0.5) is 4.39 Å². The third kappa shape index (κ3) is 2.27. The van der Waals surface area contributed by atoms with Crippen molar-refractivity contribution in [2.75, 3.05) is 0 Å². The third-order valence-corrected chi connectivity index (χ3v) is 2.51. The molecule has 0 bridgehead atoms. The van der Waals surface area contributed by atoms with Gasteiger partial charge in [0.1, 0.15) is 0 Å². The summed E-state index contributed by atoms with van der Waals surface area (Å²) in [6, 6.07) is 13.4. The molecule has 2 heteroatoms. The Morgan fingerprint density at radius 2 is 1.81 bits per heavy atom. The molecule has 0 spiro atoms. The SMILES string of the molecule is CCCc1ccc(-c2ccccc2)nc1F. The predicted octanol–water partition coefficient (Wildman–Crippen LogP) is 3.84. The van der Waals surface area contributed by atoms with Crippen LogP contribution < -0.4 is 0 Å². The first-order chi connectivity index (χ1) is 7.81. The fraction of sp³-hybridized carbons (Fsp3) is 0.214. The molecule has 2 aromatic rings. The molecule has 0 N–H and O–H groups in total. The van der Waals surface area contributed by atoms with E-state index in [0.717, 1.165) is 18.4 Å². The Morgan fingerprint density at radius 1 is 1.06 bits per heavy atom. The van der Waals surface area contributed by atoms with E-state index in [1.807, 2.05) is 49.4 Å². The van der Waals surface area contributed by atoms with Crippen molar-refractivity contribution < 1.29 is 4.39 Å². The molecule has 0 amide bonds. The van der Waals surface area contributed by atoms with Crippen LogP contribution in [-0.2, 0) is 6.42 Å². The average Bonchev–Trinajstić information content (AvgIpc) is 2.33. The Labute approximate surface area is 95.0 Å². The zero-order chi connectivity index (χ0) is 11.4. The van der Waals surface area contributed by atoms with Gasteiger partial charge in [-0.15, -0.1) is 0 Å². The van der Waals surface area contributed by atoms with Crippen LogP contribution in [0.3, 0.4) is 0 Å². The number of rotatable bonds is 3. The van der Waals surface area contributed by atoms with Crippen molar-refractivity contribution in [3.05, 3.63) is 54.0 Å². The first-order valence-corrected chi connectivity index (χ1v) is 5.52. The lowest BCUT2D eigenvalue weighted by atomic mass is 10.1. The van der Waals surface area contributed by atoms with Gasteiger partial charge in [0.05, 0.1) is 5.69 Å². The molecule has 0 radical (unpaired) electrons. The third-order valence-electron chi connectivity index (χ3n) is 2.51. The molecule has 1 aromatic heterocycles. The Morgan fingerprint density at radius 3 is 2.44 bits per heavy atom. The lowest BCUT2D eigenvalue weighted by Gasteiger charge is -2.04. The van der Waals surface area contributed by atoms with E-state index in [0.29, 0.717) is 11.3 Å². The smallest absolute Gasteiger partial charge is 0.216 e. The van der Waals surface area contributed by atoms with Crippen molar-refractivity contribution in [3.8, 4) is 11.3 Å². The minimum absolute atomic E-state index is 0.344. The summed E-state index contributed by atoms with van der Waals surface area (Å²) >= 11 is 0. The fourth-order valence-corrected chi connectivity index (χ4v) is 1.69. The number of nitrogens with zero attached hydrogens (tertiary/aromatic N) is 1. The van der Waals surface area contributed by atoms with Crippen LogP contribution in [0.5, 0.6) is 0 Å². The lowest BCUT2D eigenvalue weighted by molar-refractivity contribution is 0.566. The van der Waals surface area contributed by atoms with Gasteiger partial charge in [0, 0.05) is 11.1 Å². The molecular weight excluding hydrogens is 201 g/mol. The first kappa shape index (κ1) is 10.8. The summed E-state index contributed by atoms with van der Waals surface area (Å²) < 4.78 is 13.6. The highest BCUT2D eigenvalue weighted by Gasteiger charge is 2.05. The van der Waals surface area contributed by atoms with Gasteiger partial charge >= 0.3 is 0 Å².